The number of imidazole rings is 1. The highest BCUT2D eigenvalue weighted by molar-refractivity contribution is 7.98. The topological polar surface area (TPSA) is 113 Å². The molecule has 0 bridgehead atoms. The molecule has 0 spiro atoms. The van der Waals surface area contributed by atoms with Gasteiger partial charge in [0.05, 0.1) is 23.6 Å². The van der Waals surface area contributed by atoms with E-state index in [1.165, 1.54) is 12.1 Å². The summed E-state index contributed by atoms with van der Waals surface area (Å²) in [5.74, 6) is 1.37. The molecule has 0 aliphatic rings. The summed E-state index contributed by atoms with van der Waals surface area (Å²) >= 11 is 1.69. The average molecular weight is 387 g/mol. The zero-order valence-electron chi connectivity index (χ0n) is 14.9. The zero-order chi connectivity index (χ0) is 19.2. The summed E-state index contributed by atoms with van der Waals surface area (Å²) in [4.78, 5) is 43.3. The number of nitrogens with one attached hydrogen (secondary N) is 3. The van der Waals surface area contributed by atoms with E-state index in [1.807, 2.05) is 30.5 Å². The van der Waals surface area contributed by atoms with Crippen molar-refractivity contribution in [3.8, 4) is 0 Å². The average Bonchev–Trinajstić information content (AvgIpc) is 3.10. The Morgan fingerprint density at radius 3 is 2.85 bits per heavy atom. The lowest BCUT2D eigenvalue weighted by atomic mass is 10.2. The molecule has 0 saturated heterocycles. The molecule has 2 aromatic heterocycles. The lowest BCUT2D eigenvalue weighted by Gasteiger charge is -2.16. The molecular formula is C18H21N5O3S. The number of hydrogen-bond acceptors (Lipinski definition) is 5. The largest absolute Gasteiger partial charge is 0.346 e. The first-order valence-corrected chi connectivity index (χ1v) is 9.99. The number of para-hydroxylation sites is 2. The monoisotopic (exact) mass is 387 g/mol. The summed E-state index contributed by atoms with van der Waals surface area (Å²) in [6.07, 6.45) is 2.82. The van der Waals surface area contributed by atoms with Crippen LogP contribution in [0.2, 0.25) is 0 Å². The van der Waals surface area contributed by atoms with Crippen LogP contribution in [0.15, 0.2) is 46.0 Å². The van der Waals surface area contributed by atoms with Crippen LogP contribution in [0, 0.1) is 0 Å². The van der Waals surface area contributed by atoms with E-state index in [1.54, 1.807) is 11.8 Å². The number of carbonyl (C=O) groups excluding carboxylic acids is 1. The Morgan fingerprint density at radius 2 is 2.07 bits per heavy atom. The predicted octanol–water partition coefficient (Wildman–Crippen LogP) is 1.41. The second-order valence-corrected chi connectivity index (χ2v) is 7.08. The van der Waals surface area contributed by atoms with Crippen LogP contribution in [0.1, 0.15) is 24.7 Å². The Balaban J connectivity index is 1.69. The molecule has 0 unspecified atom stereocenters. The highest BCUT2D eigenvalue weighted by Crippen LogP contribution is 2.20. The molecule has 0 radical (unpaired) electrons. The SMILES string of the molecule is CSCC[C@H](NC(=O)CCn1[nH]c(=O)ccc1=O)c1nc2ccccc2[nH]1. The fourth-order valence-electron chi connectivity index (χ4n) is 2.76. The molecule has 0 aliphatic carbocycles. The van der Waals surface area contributed by atoms with E-state index in [2.05, 4.69) is 20.4 Å². The van der Waals surface area contributed by atoms with E-state index in [-0.39, 0.29) is 36.0 Å². The van der Waals surface area contributed by atoms with Gasteiger partial charge < -0.3 is 10.3 Å². The van der Waals surface area contributed by atoms with Crippen LogP contribution in [0.3, 0.4) is 0 Å². The first kappa shape index (κ1) is 19.0. The van der Waals surface area contributed by atoms with Crippen molar-refractivity contribution in [1.82, 2.24) is 25.1 Å². The summed E-state index contributed by atoms with van der Waals surface area (Å²) in [6.45, 7) is 0.107. The van der Waals surface area contributed by atoms with Crippen LogP contribution < -0.4 is 16.4 Å². The first-order chi connectivity index (χ1) is 13.1. The standard InChI is InChI=1S/C18H21N5O3S/c1-27-11-9-14(18-20-12-4-2-3-5-13(12)21-18)19-15(24)8-10-23-17(26)7-6-16(25)22-23/h2-7,14H,8-11H2,1H3,(H,19,24)(H,20,21)(H,22,25)/t14-/m0/s1. The summed E-state index contributed by atoms with van der Waals surface area (Å²) in [5, 5.41) is 5.39. The van der Waals surface area contributed by atoms with E-state index >= 15 is 0 Å². The number of rotatable bonds is 8. The maximum absolute atomic E-state index is 12.4. The smallest absolute Gasteiger partial charge is 0.265 e. The Bertz CT molecular complexity index is 1010. The van der Waals surface area contributed by atoms with Crippen molar-refractivity contribution in [2.24, 2.45) is 0 Å². The number of benzene rings is 1. The van der Waals surface area contributed by atoms with Crippen LogP contribution in [-0.2, 0) is 11.3 Å². The number of aromatic amines is 2. The number of thioether (sulfide) groups is 1. The number of aryl methyl sites for hydroxylation is 1. The van der Waals surface area contributed by atoms with Gasteiger partial charge in [-0.15, -0.1) is 0 Å². The van der Waals surface area contributed by atoms with Gasteiger partial charge in [-0.3, -0.25) is 19.5 Å². The number of fused-ring (bicyclic) bond motifs is 1. The van der Waals surface area contributed by atoms with Gasteiger partial charge >= 0.3 is 0 Å². The van der Waals surface area contributed by atoms with Gasteiger partial charge in [-0.25, -0.2) is 9.67 Å². The van der Waals surface area contributed by atoms with Gasteiger partial charge in [0.1, 0.15) is 5.82 Å². The van der Waals surface area contributed by atoms with E-state index in [0.717, 1.165) is 27.9 Å². The zero-order valence-corrected chi connectivity index (χ0v) is 15.7. The predicted molar refractivity (Wildman–Crippen MR) is 106 cm³/mol. The Kier molecular flexibility index (Phi) is 6.12. The molecule has 1 amide bonds. The number of aromatic nitrogens is 4. The fraction of sp³-hybridized carbons (Fsp3) is 0.333. The second kappa shape index (κ2) is 8.72. The van der Waals surface area contributed by atoms with Crippen molar-refractivity contribution >= 4 is 28.7 Å². The minimum Gasteiger partial charge on any atom is -0.346 e. The van der Waals surface area contributed by atoms with E-state index in [0.29, 0.717) is 5.82 Å². The molecule has 1 aromatic carbocycles. The van der Waals surface area contributed by atoms with Gasteiger partial charge in [-0.1, -0.05) is 12.1 Å². The van der Waals surface area contributed by atoms with Crippen LogP contribution >= 0.6 is 11.8 Å². The van der Waals surface area contributed by atoms with Crippen LogP contribution in [-0.4, -0.2) is 37.7 Å². The maximum atomic E-state index is 12.4. The van der Waals surface area contributed by atoms with Crippen molar-refractivity contribution in [3.05, 3.63) is 62.9 Å². The van der Waals surface area contributed by atoms with Crippen LogP contribution in [0.4, 0.5) is 0 Å². The fourth-order valence-corrected chi connectivity index (χ4v) is 3.23. The van der Waals surface area contributed by atoms with Crippen molar-refractivity contribution < 1.29 is 4.79 Å². The lowest BCUT2D eigenvalue weighted by molar-refractivity contribution is -0.122. The van der Waals surface area contributed by atoms with Crippen molar-refractivity contribution in [2.45, 2.75) is 25.4 Å². The summed E-state index contributed by atoms with van der Waals surface area (Å²) < 4.78 is 1.14. The van der Waals surface area contributed by atoms with Crippen LogP contribution in [0.25, 0.3) is 11.0 Å². The third-order valence-electron chi connectivity index (χ3n) is 4.13. The number of H-pyrrole nitrogens is 2. The third-order valence-corrected chi connectivity index (χ3v) is 4.78. The van der Waals surface area contributed by atoms with E-state index < -0.39 is 0 Å². The molecule has 3 N–H and O–H groups in total. The van der Waals surface area contributed by atoms with Crippen molar-refractivity contribution in [1.29, 1.82) is 0 Å². The quantitative estimate of drug-likeness (QED) is 0.541. The molecule has 8 nitrogen and oxygen atoms in total. The number of nitrogens with zero attached hydrogens (tertiary/aromatic N) is 2. The summed E-state index contributed by atoms with van der Waals surface area (Å²) in [7, 11) is 0. The Morgan fingerprint density at radius 1 is 1.26 bits per heavy atom. The Labute approximate surface area is 159 Å². The minimum absolute atomic E-state index is 0.0792. The molecule has 1 atom stereocenters. The molecule has 0 fully saturated rings. The van der Waals surface area contributed by atoms with Gasteiger partial charge in [0.25, 0.3) is 11.1 Å². The Hall–Kier alpha value is -2.81. The molecule has 27 heavy (non-hydrogen) atoms. The third kappa shape index (κ3) is 4.88. The van der Waals surface area contributed by atoms with Crippen molar-refractivity contribution in [3.63, 3.8) is 0 Å². The van der Waals surface area contributed by atoms with Gasteiger partial charge in [0.2, 0.25) is 5.91 Å². The maximum Gasteiger partial charge on any atom is 0.265 e. The van der Waals surface area contributed by atoms with Gasteiger partial charge in [-0.05, 0) is 30.6 Å². The highest BCUT2D eigenvalue weighted by Gasteiger charge is 2.18. The molecule has 142 valence electrons. The lowest BCUT2D eigenvalue weighted by Crippen LogP contribution is -2.33. The molecule has 2 heterocycles. The number of hydrogen-bond donors (Lipinski definition) is 3. The normalized spacial score (nSPS) is 12.2. The van der Waals surface area contributed by atoms with Crippen LogP contribution in [0.5, 0.6) is 0 Å². The van der Waals surface area contributed by atoms with E-state index in [9.17, 15) is 14.4 Å². The summed E-state index contributed by atoms with van der Waals surface area (Å²) in [6, 6.07) is 9.81. The summed E-state index contributed by atoms with van der Waals surface area (Å²) in [5.41, 5.74) is 1.04. The number of amides is 1. The molecular weight excluding hydrogens is 366 g/mol. The highest BCUT2D eigenvalue weighted by atomic mass is 32.2. The number of carbonyl (C=O) groups is 1. The minimum atomic E-state index is -0.380. The van der Waals surface area contributed by atoms with Gasteiger partial charge in [0, 0.05) is 18.6 Å². The molecule has 0 aliphatic heterocycles. The molecule has 3 aromatic rings. The molecule has 0 saturated carbocycles. The van der Waals surface area contributed by atoms with E-state index in [4.69, 9.17) is 0 Å². The second-order valence-electron chi connectivity index (χ2n) is 6.09. The molecule has 3 rings (SSSR count). The van der Waals surface area contributed by atoms with Gasteiger partial charge in [-0.2, -0.15) is 11.8 Å². The van der Waals surface area contributed by atoms with Crippen molar-refractivity contribution in [2.75, 3.05) is 12.0 Å². The first-order valence-electron chi connectivity index (χ1n) is 8.60. The van der Waals surface area contributed by atoms with Gasteiger partial charge in [0.15, 0.2) is 0 Å². The molecule has 9 heteroatoms.